The number of amides is 2. The molecule has 1 aliphatic heterocycles. The summed E-state index contributed by atoms with van der Waals surface area (Å²) in [7, 11) is 1.68. The maximum atomic E-state index is 13.5. The first kappa shape index (κ1) is 26.5. The molecule has 10 heteroatoms. The second-order valence-electron chi connectivity index (χ2n) is 9.72. The molecule has 4 aromatic rings. The van der Waals surface area contributed by atoms with Crippen molar-refractivity contribution in [1.29, 1.82) is 0 Å². The van der Waals surface area contributed by atoms with Gasteiger partial charge in [-0.2, -0.15) is 5.10 Å². The van der Waals surface area contributed by atoms with Crippen LogP contribution in [0.25, 0.3) is 16.9 Å². The number of aromatic nitrogens is 5. The zero-order chi connectivity index (χ0) is 27.4. The van der Waals surface area contributed by atoms with Gasteiger partial charge in [0.15, 0.2) is 0 Å². The van der Waals surface area contributed by atoms with Gasteiger partial charge >= 0.3 is 6.03 Å². The summed E-state index contributed by atoms with van der Waals surface area (Å²) >= 11 is 0. The maximum absolute atomic E-state index is 13.5. The fourth-order valence-electron chi connectivity index (χ4n) is 4.89. The van der Waals surface area contributed by atoms with Crippen LogP contribution in [0.15, 0.2) is 61.1 Å². The van der Waals surface area contributed by atoms with Gasteiger partial charge in [0.2, 0.25) is 0 Å². The first-order valence-corrected chi connectivity index (χ1v) is 13.0. The van der Waals surface area contributed by atoms with E-state index in [1.807, 2.05) is 63.2 Å². The van der Waals surface area contributed by atoms with Gasteiger partial charge in [-0.25, -0.2) is 19.4 Å². The van der Waals surface area contributed by atoms with Crippen molar-refractivity contribution < 1.29 is 14.3 Å². The van der Waals surface area contributed by atoms with Gasteiger partial charge in [-0.05, 0) is 63.4 Å². The van der Waals surface area contributed by atoms with E-state index in [1.54, 1.807) is 30.4 Å². The van der Waals surface area contributed by atoms with Gasteiger partial charge in [0.25, 0.3) is 0 Å². The topological polar surface area (TPSA) is 116 Å². The highest BCUT2D eigenvalue weighted by atomic mass is 16.5. The van der Waals surface area contributed by atoms with Crippen LogP contribution in [0, 0.1) is 20.8 Å². The minimum atomic E-state index is -0.335. The molecule has 39 heavy (non-hydrogen) atoms. The molecule has 3 atom stereocenters. The summed E-state index contributed by atoms with van der Waals surface area (Å²) in [5.41, 5.74) is 4.99. The highest BCUT2D eigenvalue weighted by Crippen LogP contribution is 2.35. The number of carbonyl (C=O) groups is 1. The highest BCUT2D eigenvalue weighted by molar-refractivity contribution is 5.91. The smallest absolute Gasteiger partial charge is 0.320 e. The third kappa shape index (κ3) is 5.97. The van der Waals surface area contributed by atoms with Crippen molar-refractivity contribution in [2.75, 3.05) is 19.0 Å². The zero-order valence-electron chi connectivity index (χ0n) is 22.6. The number of nitrogens with one attached hydrogen (secondary N) is 2. The van der Waals surface area contributed by atoms with Crippen LogP contribution in [0.5, 0.6) is 0 Å². The molecule has 1 fully saturated rings. The Balaban J connectivity index is 1.42. The summed E-state index contributed by atoms with van der Waals surface area (Å²) in [5.74, 6) is 1.25. The Morgan fingerprint density at radius 1 is 1.10 bits per heavy atom. The molecule has 4 heterocycles. The van der Waals surface area contributed by atoms with Crippen molar-refractivity contribution in [3.63, 3.8) is 0 Å². The molecule has 0 bridgehead atoms. The summed E-state index contributed by atoms with van der Waals surface area (Å²) in [6, 6.07) is 13.1. The van der Waals surface area contributed by atoms with E-state index in [0.29, 0.717) is 30.4 Å². The standard InChI is InChI=1S/C29H33N7O3/c1-18-14-21(10-12-30-18)27-25(15-24(39-27)11-13-38-4)33-29(37)34-28-19(2)26(22-16-31-20(3)32-17-22)35-36(28)23-8-6-5-7-9-23/h5-10,12,14,16-17,24-25,27H,11,13,15H2,1-4H3,(H2,33,34,37)/t24-,25-,27+/m1/s1. The van der Waals surface area contributed by atoms with Crippen molar-refractivity contribution >= 4 is 11.8 Å². The number of urea groups is 1. The molecule has 0 spiro atoms. The SMILES string of the molecule is COCC[C@@H]1C[C@@H](NC(=O)Nc2c(C)c(-c3cnc(C)nc3)nn2-c2ccccc2)[C@H](c2ccnc(C)c2)O1. The molecule has 1 aromatic carbocycles. The number of hydrogen-bond donors (Lipinski definition) is 2. The lowest BCUT2D eigenvalue weighted by molar-refractivity contribution is 0.0211. The largest absolute Gasteiger partial charge is 0.385 e. The van der Waals surface area contributed by atoms with Crippen LogP contribution in [0.1, 0.15) is 41.6 Å². The summed E-state index contributed by atoms with van der Waals surface area (Å²) in [6.45, 7) is 6.30. The molecule has 1 aliphatic rings. The lowest BCUT2D eigenvalue weighted by Gasteiger charge is -2.21. The van der Waals surface area contributed by atoms with Crippen LogP contribution in [-0.2, 0) is 9.47 Å². The maximum Gasteiger partial charge on any atom is 0.320 e. The molecule has 5 rings (SSSR count). The van der Waals surface area contributed by atoms with Crippen LogP contribution in [-0.4, -0.2) is 56.6 Å². The Morgan fingerprint density at radius 2 is 1.87 bits per heavy atom. The number of para-hydroxylation sites is 1. The third-order valence-corrected chi connectivity index (χ3v) is 6.84. The van der Waals surface area contributed by atoms with Crippen LogP contribution >= 0.6 is 0 Å². The van der Waals surface area contributed by atoms with Gasteiger partial charge in [-0.3, -0.25) is 10.3 Å². The zero-order valence-corrected chi connectivity index (χ0v) is 22.6. The second kappa shape index (κ2) is 11.7. The number of methoxy groups -OCH3 is 1. The van der Waals surface area contributed by atoms with E-state index in [4.69, 9.17) is 14.6 Å². The van der Waals surface area contributed by atoms with Crippen LogP contribution < -0.4 is 10.6 Å². The van der Waals surface area contributed by atoms with Crippen molar-refractivity contribution in [3.8, 4) is 16.9 Å². The quantitative estimate of drug-likeness (QED) is 0.341. The first-order chi connectivity index (χ1) is 18.9. The monoisotopic (exact) mass is 527 g/mol. The number of benzene rings is 1. The number of pyridine rings is 1. The van der Waals surface area contributed by atoms with E-state index in [2.05, 4.69) is 25.6 Å². The lowest BCUT2D eigenvalue weighted by Crippen LogP contribution is -2.40. The summed E-state index contributed by atoms with van der Waals surface area (Å²) in [6.07, 6.45) is 6.36. The van der Waals surface area contributed by atoms with Gasteiger partial charge in [-0.1, -0.05) is 18.2 Å². The average Bonchev–Trinajstić information content (AvgIpc) is 3.49. The Labute approximate surface area is 227 Å². The van der Waals surface area contributed by atoms with Crippen molar-refractivity contribution in [1.82, 2.24) is 30.0 Å². The fourth-order valence-corrected chi connectivity index (χ4v) is 4.89. The van der Waals surface area contributed by atoms with Gasteiger partial charge in [0, 0.05) is 49.1 Å². The van der Waals surface area contributed by atoms with Crippen LogP contribution in [0.3, 0.4) is 0 Å². The Kier molecular flexibility index (Phi) is 7.94. The van der Waals surface area contributed by atoms with Gasteiger partial charge in [0.1, 0.15) is 23.4 Å². The number of anilines is 1. The fraction of sp³-hybridized carbons (Fsp3) is 0.345. The van der Waals surface area contributed by atoms with E-state index >= 15 is 0 Å². The molecule has 2 N–H and O–H groups in total. The number of ether oxygens (including phenoxy) is 2. The number of hydrogen-bond acceptors (Lipinski definition) is 7. The Hall–Kier alpha value is -4.15. The Morgan fingerprint density at radius 3 is 2.59 bits per heavy atom. The van der Waals surface area contributed by atoms with Crippen molar-refractivity contribution in [2.24, 2.45) is 0 Å². The van der Waals surface area contributed by atoms with Gasteiger partial charge in [0.05, 0.1) is 17.8 Å². The molecule has 3 aromatic heterocycles. The number of aryl methyl sites for hydroxylation is 2. The van der Waals surface area contributed by atoms with E-state index in [1.165, 1.54) is 0 Å². The molecule has 0 radical (unpaired) electrons. The van der Waals surface area contributed by atoms with Gasteiger partial charge in [-0.15, -0.1) is 0 Å². The molecule has 1 saturated heterocycles. The number of nitrogens with zero attached hydrogens (tertiary/aromatic N) is 5. The molecule has 0 aliphatic carbocycles. The van der Waals surface area contributed by atoms with Crippen molar-refractivity contribution in [3.05, 3.63) is 83.7 Å². The molecular weight excluding hydrogens is 494 g/mol. The predicted molar refractivity (Wildman–Crippen MR) is 148 cm³/mol. The summed E-state index contributed by atoms with van der Waals surface area (Å²) in [5, 5.41) is 11.1. The van der Waals surface area contributed by atoms with Gasteiger partial charge < -0.3 is 14.8 Å². The van der Waals surface area contributed by atoms with E-state index in [0.717, 1.165) is 34.5 Å². The highest BCUT2D eigenvalue weighted by Gasteiger charge is 2.37. The molecular formula is C29H33N7O3. The molecule has 0 unspecified atom stereocenters. The number of carbonyl (C=O) groups excluding carboxylic acids is 1. The third-order valence-electron chi connectivity index (χ3n) is 6.84. The molecule has 10 nitrogen and oxygen atoms in total. The van der Waals surface area contributed by atoms with E-state index in [-0.39, 0.29) is 24.3 Å². The predicted octanol–water partition coefficient (Wildman–Crippen LogP) is 4.71. The molecule has 0 saturated carbocycles. The Bertz CT molecular complexity index is 1420. The van der Waals surface area contributed by atoms with Crippen LogP contribution in [0.4, 0.5) is 10.6 Å². The molecule has 2 amide bonds. The van der Waals surface area contributed by atoms with Crippen LogP contribution in [0.2, 0.25) is 0 Å². The lowest BCUT2D eigenvalue weighted by atomic mass is 10.0. The minimum absolute atomic E-state index is 0.0292. The van der Waals surface area contributed by atoms with Crippen molar-refractivity contribution in [2.45, 2.75) is 51.9 Å². The molecule has 202 valence electrons. The summed E-state index contributed by atoms with van der Waals surface area (Å²) in [4.78, 5) is 26.4. The second-order valence-corrected chi connectivity index (χ2v) is 9.72. The average molecular weight is 528 g/mol. The minimum Gasteiger partial charge on any atom is -0.385 e. The number of rotatable bonds is 8. The summed E-state index contributed by atoms with van der Waals surface area (Å²) < 4.78 is 13.4. The van der Waals surface area contributed by atoms with E-state index in [9.17, 15) is 4.79 Å². The first-order valence-electron chi connectivity index (χ1n) is 13.0. The normalized spacial score (nSPS) is 18.7. The van der Waals surface area contributed by atoms with E-state index < -0.39 is 0 Å².